The van der Waals surface area contributed by atoms with E-state index >= 15 is 0 Å². The van der Waals surface area contributed by atoms with Gasteiger partial charge in [0.05, 0.1) is 16.9 Å². The van der Waals surface area contributed by atoms with Crippen LogP contribution >= 0.6 is 0 Å². The maximum Gasteiger partial charge on any atom is 0.243 e. The summed E-state index contributed by atoms with van der Waals surface area (Å²) >= 11 is 0. The van der Waals surface area contributed by atoms with Gasteiger partial charge in [-0.15, -0.1) is 0 Å². The molecule has 0 aliphatic carbocycles. The first kappa shape index (κ1) is 24.0. The fraction of sp³-hybridized carbons (Fsp3) is 0.478. The smallest absolute Gasteiger partial charge is 0.243 e. The van der Waals surface area contributed by atoms with Crippen LogP contribution in [0.15, 0.2) is 58.3 Å². The summed E-state index contributed by atoms with van der Waals surface area (Å²) in [7, 11) is -5.68. The molecule has 0 unspecified atom stereocenters. The minimum Gasteiger partial charge on any atom is -0.497 e. The molecule has 2 fully saturated rings. The number of ether oxygens (including phenoxy) is 1. The van der Waals surface area contributed by atoms with Crippen molar-refractivity contribution in [1.82, 2.24) is 8.61 Å². The molecule has 2 aliphatic rings. The second-order valence-corrected chi connectivity index (χ2v) is 12.3. The molecule has 0 atom stereocenters. The predicted octanol–water partition coefficient (Wildman–Crippen LogP) is 2.77. The van der Waals surface area contributed by atoms with Crippen LogP contribution in [-0.2, 0) is 20.0 Å². The second-order valence-electron chi connectivity index (χ2n) is 8.38. The highest BCUT2D eigenvalue weighted by Crippen LogP contribution is 2.25. The molecule has 0 bridgehead atoms. The van der Waals surface area contributed by atoms with Crippen LogP contribution in [-0.4, -0.2) is 71.8 Å². The number of methoxy groups -OCH3 is 1. The van der Waals surface area contributed by atoms with Crippen molar-refractivity contribution in [3.8, 4) is 5.75 Å². The Bertz CT molecular complexity index is 1130. The molecule has 4 rings (SSSR count). The third-order valence-corrected chi connectivity index (χ3v) is 10.2. The van der Waals surface area contributed by atoms with Crippen LogP contribution in [0.1, 0.15) is 25.7 Å². The molecule has 0 aromatic heterocycles. The van der Waals surface area contributed by atoms with Gasteiger partial charge in [0.15, 0.2) is 0 Å². The standard InChI is InChI=1S/C23H31N3O5S2/c1-31-21-8-6-20(7-9-21)24-16-18-26(19-17-24)33(29,30)23-12-10-22(11-13-23)32(27,28)25-14-4-2-3-5-15-25/h6-13H,2-5,14-19H2,1H3. The SMILES string of the molecule is COc1ccc(N2CCN(S(=O)(=O)c3ccc(S(=O)(=O)N4CCCCCC4)cc3)CC2)cc1. The number of sulfonamides is 2. The highest BCUT2D eigenvalue weighted by molar-refractivity contribution is 7.89. The Hall–Kier alpha value is -2.14. The quantitative estimate of drug-likeness (QED) is 0.615. The molecule has 0 saturated carbocycles. The number of nitrogens with zero attached hydrogens (tertiary/aromatic N) is 3. The summed E-state index contributed by atoms with van der Waals surface area (Å²) in [5, 5.41) is 0. The molecule has 2 aromatic carbocycles. The summed E-state index contributed by atoms with van der Waals surface area (Å²) in [6.07, 6.45) is 3.78. The number of rotatable bonds is 6. The van der Waals surface area contributed by atoms with E-state index in [0.717, 1.165) is 37.1 Å². The second kappa shape index (κ2) is 10.0. The Balaban J connectivity index is 1.43. The summed E-state index contributed by atoms with van der Waals surface area (Å²) in [4.78, 5) is 2.41. The number of piperazine rings is 1. The third kappa shape index (κ3) is 5.18. The van der Waals surface area contributed by atoms with Crippen LogP contribution in [0.4, 0.5) is 5.69 Å². The molecule has 2 heterocycles. The Kier molecular flexibility index (Phi) is 7.28. The number of anilines is 1. The van der Waals surface area contributed by atoms with Crippen molar-refractivity contribution in [2.45, 2.75) is 35.5 Å². The summed E-state index contributed by atoms with van der Waals surface area (Å²) in [5.41, 5.74) is 1.02. The topological polar surface area (TPSA) is 87.2 Å². The first-order valence-electron chi connectivity index (χ1n) is 11.3. The van der Waals surface area contributed by atoms with Crippen molar-refractivity contribution in [1.29, 1.82) is 0 Å². The van der Waals surface area contributed by atoms with Crippen molar-refractivity contribution in [2.75, 3.05) is 51.3 Å². The summed E-state index contributed by atoms with van der Waals surface area (Å²) in [6.45, 7) is 2.91. The average molecular weight is 494 g/mol. The zero-order chi connectivity index (χ0) is 23.5. The molecule has 0 amide bonds. The van der Waals surface area contributed by atoms with E-state index in [0.29, 0.717) is 39.3 Å². The van der Waals surface area contributed by atoms with Gasteiger partial charge in [0, 0.05) is 45.0 Å². The average Bonchev–Trinajstić information content (AvgIpc) is 3.15. The van der Waals surface area contributed by atoms with E-state index in [9.17, 15) is 16.8 Å². The molecule has 0 radical (unpaired) electrons. The number of hydrogen-bond acceptors (Lipinski definition) is 6. The van der Waals surface area contributed by atoms with E-state index in [1.54, 1.807) is 7.11 Å². The fourth-order valence-electron chi connectivity index (χ4n) is 4.34. The zero-order valence-electron chi connectivity index (χ0n) is 18.9. The van der Waals surface area contributed by atoms with Crippen molar-refractivity contribution >= 4 is 25.7 Å². The molecule has 2 saturated heterocycles. The summed E-state index contributed by atoms with van der Waals surface area (Å²) in [6, 6.07) is 13.4. The van der Waals surface area contributed by atoms with Crippen molar-refractivity contribution in [3.63, 3.8) is 0 Å². The first-order chi connectivity index (χ1) is 15.8. The summed E-state index contributed by atoms with van der Waals surface area (Å²) in [5.74, 6) is 0.779. The molecule has 0 N–H and O–H groups in total. The fourth-order valence-corrected chi connectivity index (χ4v) is 7.28. The van der Waals surface area contributed by atoms with Gasteiger partial charge < -0.3 is 9.64 Å². The van der Waals surface area contributed by atoms with Crippen molar-refractivity contribution < 1.29 is 21.6 Å². The van der Waals surface area contributed by atoms with Crippen LogP contribution < -0.4 is 9.64 Å². The molecular formula is C23H31N3O5S2. The van der Waals surface area contributed by atoms with E-state index in [2.05, 4.69) is 4.90 Å². The Morgan fingerprint density at radius 1 is 0.606 bits per heavy atom. The van der Waals surface area contributed by atoms with Crippen LogP contribution in [0.3, 0.4) is 0 Å². The normalized spacial score (nSPS) is 19.2. The molecule has 8 nitrogen and oxygen atoms in total. The van der Waals surface area contributed by atoms with Crippen LogP contribution in [0.5, 0.6) is 5.75 Å². The lowest BCUT2D eigenvalue weighted by Crippen LogP contribution is -2.48. The van der Waals surface area contributed by atoms with Crippen LogP contribution in [0.2, 0.25) is 0 Å². The first-order valence-corrected chi connectivity index (χ1v) is 14.2. The number of hydrogen-bond donors (Lipinski definition) is 0. The van der Waals surface area contributed by atoms with Gasteiger partial charge in [-0.1, -0.05) is 12.8 Å². The molecule has 0 spiro atoms. The minimum atomic E-state index is -3.69. The molecule has 33 heavy (non-hydrogen) atoms. The monoisotopic (exact) mass is 493 g/mol. The molecule has 2 aliphatic heterocycles. The van der Waals surface area contributed by atoms with Gasteiger partial charge in [-0.3, -0.25) is 0 Å². The van der Waals surface area contributed by atoms with Gasteiger partial charge in [-0.05, 0) is 61.4 Å². The summed E-state index contributed by atoms with van der Waals surface area (Å²) < 4.78 is 60.4. The zero-order valence-corrected chi connectivity index (χ0v) is 20.5. The van der Waals surface area contributed by atoms with E-state index in [1.807, 2.05) is 24.3 Å². The number of benzene rings is 2. The molecule has 180 valence electrons. The van der Waals surface area contributed by atoms with Gasteiger partial charge in [0.2, 0.25) is 20.0 Å². The largest absolute Gasteiger partial charge is 0.497 e. The third-order valence-electron chi connectivity index (χ3n) is 6.34. The van der Waals surface area contributed by atoms with Gasteiger partial charge in [0.25, 0.3) is 0 Å². The van der Waals surface area contributed by atoms with Gasteiger partial charge in [-0.2, -0.15) is 8.61 Å². The van der Waals surface area contributed by atoms with Crippen LogP contribution in [0.25, 0.3) is 0 Å². The van der Waals surface area contributed by atoms with Crippen molar-refractivity contribution in [3.05, 3.63) is 48.5 Å². The van der Waals surface area contributed by atoms with E-state index < -0.39 is 20.0 Å². The lowest BCUT2D eigenvalue weighted by molar-refractivity contribution is 0.384. The van der Waals surface area contributed by atoms with Crippen LogP contribution in [0, 0.1) is 0 Å². The highest BCUT2D eigenvalue weighted by Gasteiger charge is 2.30. The van der Waals surface area contributed by atoms with Crippen molar-refractivity contribution in [2.24, 2.45) is 0 Å². The van der Waals surface area contributed by atoms with E-state index in [-0.39, 0.29) is 9.79 Å². The lowest BCUT2D eigenvalue weighted by atomic mass is 10.2. The molecule has 10 heteroatoms. The maximum atomic E-state index is 13.2. The Morgan fingerprint density at radius 3 is 1.52 bits per heavy atom. The Labute approximate surface area is 196 Å². The highest BCUT2D eigenvalue weighted by atomic mass is 32.2. The van der Waals surface area contributed by atoms with E-state index in [1.165, 1.54) is 32.9 Å². The minimum absolute atomic E-state index is 0.121. The predicted molar refractivity (Wildman–Crippen MR) is 128 cm³/mol. The van der Waals surface area contributed by atoms with E-state index in [4.69, 9.17) is 4.74 Å². The van der Waals surface area contributed by atoms with Gasteiger partial charge in [0.1, 0.15) is 5.75 Å². The van der Waals surface area contributed by atoms with Gasteiger partial charge in [-0.25, -0.2) is 16.8 Å². The Morgan fingerprint density at radius 2 is 1.06 bits per heavy atom. The maximum absolute atomic E-state index is 13.2. The lowest BCUT2D eigenvalue weighted by Gasteiger charge is -2.35. The van der Waals surface area contributed by atoms with Gasteiger partial charge >= 0.3 is 0 Å². The molecular weight excluding hydrogens is 462 g/mol. The molecule has 2 aromatic rings.